The minimum absolute atomic E-state index is 0.124. The van der Waals surface area contributed by atoms with Crippen LogP contribution in [0.1, 0.15) is 33.6 Å². The Morgan fingerprint density at radius 1 is 1.14 bits per heavy atom. The van der Waals surface area contributed by atoms with Gasteiger partial charge in [0.15, 0.2) is 0 Å². The quantitative estimate of drug-likeness (QED) is 0.668. The van der Waals surface area contributed by atoms with Crippen molar-refractivity contribution in [3.05, 3.63) is 0 Å². The van der Waals surface area contributed by atoms with Gasteiger partial charge in [-0.1, -0.05) is 26.7 Å². The zero-order chi connectivity index (χ0) is 11.1. The summed E-state index contributed by atoms with van der Waals surface area (Å²) >= 11 is 0. The summed E-state index contributed by atoms with van der Waals surface area (Å²) in [5, 5.41) is 0. The molecule has 0 spiro atoms. The number of hydrogen-bond donors (Lipinski definition) is 0. The van der Waals surface area contributed by atoms with Gasteiger partial charge in [-0.15, -0.1) is 0 Å². The summed E-state index contributed by atoms with van der Waals surface area (Å²) in [6.45, 7) is 8.09. The third-order valence-electron chi connectivity index (χ3n) is 2.67. The molecule has 0 bridgehead atoms. The second kappa shape index (κ2) is 6.68. The molecule has 0 aromatic heterocycles. The molecule has 3 heteroatoms. The van der Waals surface area contributed by atoms with Crippen LogP contribution in [-0.4, -0.2) is 43.0 Å². The van der Waals surface area contributed by atoms with Crippen molar-refractivity contribution in [3.8, 4) is 0 Å². The zero-order valence-electron chi connectivity index (χ0n) is 10.2. The van der Waals surface area contributed by atoms with Crippen molar-refractivity contribution < 1.29 is 4.79 Å². The summed E-state index contributed by atoms with van der Waals surface area (Å²) in [7, 11) is 3.61. The van der Waals surface area contributed by atoms with E-state index in [0.717, 1.165) is 25.9 Å². The smallest absolute Gasteiger partial charge is 0.319 e. The third kappa shape index (κ3) is 3.99. The van der Waals surface area contributed by atoms with Gasteiger partial charge in [0.25, 0.3) is 0 Å². The molecular formula is C11H24N2O. The SMILES string of the molecule is CCC(CC)CN(CC)C(=O)N(C)C. The fourth-order valence-corrected chi connectivity index (χ4v) is 1.48. The molecule has 0 heterocycles. The van der Waals surface area contributed by atoms with Crippen LogP contribution < -0.4 is 0 Å². The molecule has 0 fully saturated rings. The maximum Gasteiger partial charge on any atom is 0.319 e. The molecule has 0 aliphatic carbocycles. The van der Waals surface area contributed by atoms with Gasteiger partial charge in [0.2, 0.25) is 0 Å². The maximum atomic E-state index is 11.7. The molecule has 3 nitrogen and oxygen atoms in total. The minimum Gasteiger partial charge on any atom is -0.331 e. The topological polar surface area (TPSA) is 23.6 Å². The van der Waals surface area contributed by atoms with Crippen LogP contribution in [0.4, 0.5) is 4.79 Å². The standard InChI is InChI=1S/C11H24N2O/c1-6-10(7-2)9-13(8-3)11(14)12(4)5/h10H,6-9H2,1-5H3. The Morgan fingerprint density at radius 3 is 1.93 bits per heavy atom. The average molecular weight is 200 g/mol. The molecule has 0 saturated heterocycles. The van der Waals surface area contributed by atoms with E-state index < -0.39 is 0 Å². The van der Waals surface area contributed by atoms with Crippen molar-refractivity contribution in [2.75, 3.05) is 27.2 Å². The van der Waals surface area contributed by atoms with E-state index in [1.165, 1.54) is 0 Å². The van der Waals surface area contributed by atoms with Crippen LogP contribution in [0.2, 0.25) is 0 Å². The number of rotatable bonds is 5. The number of nitrogens with zero attached hydrogens (tertiary/aromatic N) is 2. The van der Waals surface area contributed by atoms with Gasteiger partial charge in [-0.3, -0.25) is 0 Å². The lowest BCUT2D eigenvalue weighted by Gasteiger charge is -2.28. The highest BCUT2D eigenvalue weighted by molar-refractivity contribution is 5.73. The van der Waals surface area contributed by atoms with Crippen LogP contribution in [0.15, 0.2) is 0 Å². The number of hydrogen-bond acceptors (Lipinski definition) is 1. The van der Waals surface area contributed by atoms with Crippen molar-refractivity contribution in [2.24, 2.45) is 5.92 Å². The van der Waals surface area contributed by atoms with E-state index in [1.54, 1.807) is 19.0 Å². The molecule has 0 aliphatic heterocycles. The molecule has 0 radical (unpaired) electrons. The van der Waals surface area contributed by atoms with E-state index in [-0.39, 0.29) is 6.03 Å². The Hall–Kier alpha value is -0.730. The molecule has 2 amide bonds. The van der Waals surface area contributed by atoms with Crippen molar-refractivity contribution in [3.63, 3.8) is 0 Å². The predicted octanol–water partition coefficient (Wildman–Crippen LogP) is 2.43. The molecular weight excluding hydrogens is 176 g/mol. The van der Waals surface area contributed by atoms with Crippen molar-refractivity contribution >= 4 is 6.03 Å². The van der Waals surface area contributed by atoms with Crippen LogP contribution in [0.3, 0.4) is 0 Å². The minimum atomic E-state index is 0.124. The van der Waals surface area contributed by atoms with Crippen molar-refractivity contribution in [1.29, 1.82) is 0 Å². The Kier molecular flexibility index (Phi) is 6.34. The molecule has 14 heavy (non-hydrogen) atoms. The van der Waals surface area contributed by atoms with Crippen LogP contribution in [0.25, 0.3) is 0 Å². The van der Waals surface area contributed by atoms with E-state index in [0.29, 0.717) is 5.92 Å². The average Bonchev–Trinajstić information content (AvgIpc) is 2.19. The Labute approximate surface area is 88.1 Å². The molecule has 0 rings (SSSR count). The highest BCUT2D eigenvalue weighted by Crippen LogP contribution is 2.10. The van der Waals surface area contributed by atoms with Crippen molar-refractivity contribution in [2.45, 2.75) is 33.6 Å². The molecule has 84 valence electrons. The highest BCUT2D eigenvalue weighted by Gasteiger charge is 2.16. The van der Waals surface area contributed by atoms with Gasteiger partial charge >= 0.3 is 6.03 Å². The van der Waals surface area contributed by atoms with Crippen LogP contribution in [-0.2, 0) is 0 Å². The molecule has 0 aliphatic rings. The monoisotopic (exact) mass is 200 g/mol. The van der Waals surface area contributed by atoms with Gasteiger partial charge in [-0.05, 0) is 12.8 Å². The normalized spacial score (nSPS) is 10.4. The lowest BCUT2D eigenvalue weighted by atomic mass is 10.0. The number of urea groups is 1. The van der Waals surface area contributed by atoms with Gasteiger partial charge in [-0.25, -0.2) is 4.79 Å². The number of carbonyl (C=O) groups is 1. The third-order valence-corrected chi connectivity index (χ3v) is 2.67. The lowest BCUT2D eigenvalue weighted by molar-refractivity contribution is 0.163. The summed E-state index contributed by atoms with van der Waals surface area (Å²) in [5.74, 6) is 0.638. The van der Waals surface area contributed by atoms with Gasteiger partial charge in [0, 0.05) is 27.2 Å². The van der Waals surface area contributed by atoms with E-state index in [2.05, 4.69) is 13.8 Å². The molecule has 0 aromatic carbocycles. The van der Waals surface area contributed by atoms with Gasteiger partial charge < -0.3 is 9.80 Å². The molecule has 0 atom stereocenters. The Morgan fingerprint density at radius 2 is 1.64 bits per heavy atom. The Bertz CT molecular complexity index is 165. The Balaban J connectivity index is 4.20. The predicted molar refractivity (Wildman–Crippen MR) is 60.4 cm³/mol. The van der Waals surface area contributed by atoms with E-state index in [4.69, 9.17) is 0 Å². The van der Waals surface area contributed by atoms with Gasteiger partial charge in [0.1, 0.15) is 0 Å². The molecule has 0 unspecified atom stereocenters. The fraction of sp³-hybridized carbons (Fsp3) is 0.909. The number of amides is 2. The summed E-state index contributed by atoms with van der Waals surface area (Å²) in [6, 6.07) is 0.124. The summed E-state index contributed by atoms with van der Waals surface area (Å²) in [4.78, 5) is 15.3. The summed E-state index contributed by atoms with van der Waals surface area (Å²) in [5.41, 5.74) is 0. The first-order valence-electron chi connectivity index (χ1n) is 5.52. The van der Waals surface area contributed by atoms with Crippen LogP contribution >= 0.6 is 0 Å². The zero-order valence-corrected chi connectivity index (χ0v) is 10.2. The molecule has 0 N–H and O–H groups in total. The summed E-state index contributed by atoms with van der Waals surface area (Å²) in [6.07, 6.45) is 2.29. The molecule has 0 saturated carbocycles. The van der Waals surface area contributed by atoms with Crippen LogP contribution in [0, 0.1) is 5.92 Å². The largest absolute Gasteiger partial charge is 0.331 e. The highest BCUT2D eigenvalue weighted by atomic mass is 16.2. The first kappa shape index (κ1) is 13.3. The van der Waals surface area contributed by atoms with Gasteiger partial charge in [-0.2, -0.15) is 0 Å². The number of carbonyl (C=O) groups excluding carboxylic acids is 1. The van der Waals surface area contributed by atoms with E-state index >= 15 is 0 Å². The first-order chi connectivity index (χ1) is 6.56. The first-order valence-corrected chi connectivity index (χ1v) is 5.52. The lowest BCUT2D eigenvalue weighted by Crippen LogP contribution is -2.41. The van der Waals surface area contributed by atoms with Gasteiger partial charge in [0.05, 0.1) is 0 Å². The summed E-state index contributed by atoms with van der Waals surface area (Å²) < 4.78 is 0. The maximum absolute atomic E-state index is 11.7. The van der Waals surface area contributed by atoms with E-state index in [9.17, 15) is 4.79 Å². The molecule has 0 aromatic rings. The van der Waals surface area contributed by atoms with Crippen LogP contribution in [0.5, 0.6) is 0 Å². The fourth-order valence-electron chi connectivity index (χ4n) is 1.48. The second-order valence-corrected chi connectivity index (χ2v) is 3.90. The van der Waals surface area contributed by atoms with E-state index in [1.807, 2.05) is 11.8 Å². The van der Waals surface area contributed by atoms with Crippen molar-refractivity contribution in [1.82, 2.24) is 9.80 Å². The second-order valence-electron chi connectivity index (χ2n) is 3.90.